The number of benzene rings is 1. The minimum atomic E-state index is -0.454. The van der Waals surface area contributed by atoms with Gasteiger partial charge >= 0.3 is 5.97 Å². The number of rotatable bonds is 5. The zero-order valence-electron chi connectivity index (χ0n) is 13.4. The Balaban J connectivity index is 1.36. The first-order chi connectivity index (χ1) is 12.2. The molecule has 1 aliphatic rings. The molecule has 3 aromatic rings. The summed E-state index contributed by atoms with van der Waals surface area (Å²) >= 11 is 3.07. The molecular formula is C18H17NO4S2. The first-order valence-corrected chi connectivity index (χ1v) is 9.80. The van der Waals surface area contributed by atoms with E-state index in [1.165, 1.54) is 16.0 Å². The number of carbonyl (C=O) groups is 2. The van der Waals surface area contributed by atoms with E-state index in [0.29, 0.717) is 11.4 Å². The van der Waals surface area contributed by atoms with Crippen molar-refractivity contribution in [1.82, 2.24) is 5.32 Å². The number of hydrogen-bond acceptors (Lipinski definition) is 6. The maximum atomic E-state index is 12.2. The molecule has 1 fully saturated rings. The topological polar surface area (TPSA) is 64.6 Å². The average molecular weight is 375 g/mol. The summed E-state index contributed by atoms with van der Waals surface area (Å²) in [4.78, 5) is 24.5. The molecule has 5 nitrogen and oxygen atoms in total. The summed E-state index contributed by atoms with van der Waals surface area (Å²) in [6.07, 6.45) is 2.07. The van der Waals surface area contributed by atoms with Crippen LogP contribution < -0.4 is 5.32 Å². The van der Waals surface area contributed by atoms with E-state index in [-0.39, 0.29) is 18.6 Å². The summed E-state index contributed by atoms with van der Waals surface area (Å²) in [6.45, 7) is 0.953. The van der Waals surface area contributed by atoms with E-state index in [4.69, 9.17) is 9.47 Å². The fourth-order valence-corrected chi connectivity index (χ4v) is 5.31. The van der Waals surface area contributed by atoms with E-state index in [1.807, 2.05) is 18.2 Å². The van der Waals surface area contributed by atoms with Crippen LogP contribution in [0.3, 0.4) is 0 Å². The maximum absolute atomic E-state index is 12.2. The highest BCUT2D eigenvalue weighted by molar-refractivity contribution is 7.33. The van der Waals surface area contributed by atoms with Gasteiger partial charge in [0, 0.05) is 27.9 Å². The number of esters is 1. The lowest BCUT2D eigenvalue weighted by Gasteiger charge is -2.10. The van der Waals surface area contributed by atoms with E-state index < -0.39 is 5.97 Å². The number of amides is 1. The van der Waals surface area contributed by atoms with E-state index in [0.717, 1.165) is 34.2 Å². The van der Waals surface area contributed by atoms with Crippen molar-refractivity contribution in [2.24, 2.45) is 0 Å². The van der Waals surface area contributed by atoms with Crippen LogP contribution in [0.2, 0.25) is 0 Å². The zero-order valence-corrected chi connectivity index (χ0v) is 15.1. The Hall–Kier alpha value is -1.96. The summed E-state index contributed by atoms with van der Waals surface area (Å²) in [7, 11) is 0. The molecule has 4 rings (SSSR count). The molecule has 130 valence electrons. The third-order valence-electron chi connectivity index (χ3n) is 4.14. The van der Waals surface area contributed by atoms with Gasteiger partial charge in [0.2, 0.25) is 0 Å². The lowest BCUT2D eigenvalue weighted by Crippen LogP contribution is -2.34. The Bertz CT molecular complexity index is 924. The number of thiophene rings is 2. The first kappa shape index (κ1) is 16.5. The zero-order chi connectivity index (χ0) is 17.2. The van der Waals surface area contributed by atoms with Gasteiger partial charge in [0.15, 0.2) is 6.61 Å². The largest absolute Gasteiger partial charge is 0.451 e. The molecule has 0 bridgehead atoms. The van der Waals surface area contributed by atoms with Crippen LogP contribution in [0.4, 0.5) is 0 Å². The van der Waals surface area contributed by atoms with Crippen LogP contribution >= 0.6 is 22.7 Å². The van der Waals surface area contributed by atoms with Crippen molar-refractivity contribution in [2.75, 3.05) is 19.8 Å². The van der Waals surface area contributed by atoms with Crippen molar-refractivity contribution in [3.05, 3.63) is 35.2 Å². The third-order valence-corrected chi connectivity index (χ3v) is 6.53. The van der Waals surface area contributed by atoms with Gasteiger partial charge in [-0.3, -0.25) is 4.79 Å². The second-order valence-electron chi connectivity index (χ2n) is 5.92. The van der Waals surface area contributed by atoms with E-state index >= 15 is 0 Å². The summed E-state index contributed by atoms with van der Waals surface area (Å²) < 4.78 is 13.9. The molecule has 25 heavy (non-hydrogen) atoms. The van der Waals surface area contributed by atoms with Crippen molar-refractivity contribution in [1.29, 1.82) is 0 Å². The van der Waals surface area contributed by atoms with Gasteiger partial charge in [-0.15, -0.1) is 22.7 Å². The minimum Gasteiger partial charge on any atom is -0.451 e. The maximum Gasteiger partial charge on any atom is 0.348 e. The smallest absolute Gasteiger partial charge is 0.348 e. The highest BCUT2D eigenvalue weighted by atomic mass is 32.1. The highest BCUT2D eigenvalue weighted by Gasteiger charge is 2.18. The van der Waals surface area contributed by atoms with Crippen LogP contribution in [0.5, 0.6) is 0 Å². The normalized spacial score (nSPS) is 17.2. The van der Waals surface area contributed by atoms with Crippen molar-refractivity contribution in [3.63, 3.8) is 0 Å². The van der Waals surface area contributed by atoms with Crippen LogP contribution in [-0.2, 0) is 14.3 Å². The fourth-order valence-electron chi connectivity index (χ4n) is 2.89. The Morgan fingerprint density at radius 1 is 1.24 bits per heavy atom. The van der Waals surface area contributed by atoms with Crippen LogP contribution in [-0.4, -0.2) is 37.7 Å². The fraction of sp³-hybridized carbons (Fsp3) is 0.333. The highest BCUT2D eigenvalue weighted by Crippen LogP contribution is 2.39. The van der Waals surface area contributed by atoms with Gasteiger partial charge in [-0.1, -0.05) is 18.2 Å². The Kier molecular flexibility index (Phi) is 4.70. The van der Waals surface area contributed by atoms with Crippen molar-refractivity contribution >= 4 is 54.0 Å². The molecule has 1 atom stereocenters. The molecule has 2 aromatic heterocycles. The van der Waals surface area contributed by atoms with Crippen molar-refractivity contribution < 1.29 is 19.1 Å². The number of ether oxygens (including phenoxy) is 2. The second-order valence-corrected chi connectivity index (χ2v) is 8.05. The Morgan fingerprint density at radius 2 is 2.12 bits per heavy atom. The SMILES string of the molecule is O=C(COC(=O)c1cc2sc3ccccc3c2s1)NC[C@@H]1CCCO1. The van der Waals surface area contributed by atoms with Gasteiger partial charge in [0.05, 0.1) is 10.8 Å². The van der Waals surface area contributed by atoms with Gasteiger partial charge < -0.3 is 14.8 Å². The van der Waals surface area contributed by atoms with Gasteiger partial charge in [0.25, 0.3) is 5.91 Å². The van der Waals surface area contributed by atoms with E-state index in [9.17, 15) is 9.59 Å². The molecule has 0 saturated carbocycles. The van der Waals surface area contributed by atoms with Gasteiger partial charge in [-0.2, -0.15) is 0 Å². The molecule has 1 saturated heterocycles. The molecule has 1 aromatic carbocycles. The molecule has 0 unspecified atom stereocenters. The van der Waals surface area contributed by atoms with Crippen LogP contribution in [0, 0.1) is 0 Å². The number of hydrogen-bond donors (Lipinski definition) is 1. The standard InChI is InChI=1S/C18H17NO4S2/c20-16(19-9-11-4-3-7-22-11)10-23-18(21)15-8-14-17(25-15)12-5-1-2-6-13(12)24-14/h1-2,5-6,8,11H,3-4,7,9-10H2,(H,19,20)/t11-/m0/s1. The number of fused-ring (bicyclic) bond motifs is 3. The molecule has 7 heteroatoms. The van der Waals surface area contributed by atoms with Gasteiger partial charge in [-0.25, -0.2) is 4.79 Å². The molecule has 0 radical (unpaired) electrons. The van der Waals surface area contributed by atoms with Crippen molar-refractivity contribution in [2.45, 2.75) is 18.9 Å². The molecule has 0 spiro atoms. The monoisotopic (exact) mass is 375 g/mol. The van der Waals surface area contributed by atoms with Crippen LogP contribution in [0.1, 0.15) is 22.5 Å². The van der Waals surface area contributed by atoms with E-state index in [1.54, 1.807) is 11.3 Å². The van der Waals surface area contributed by atoms with E-state index in [2.05, 4.69) is 17.4 Å². The molecule has 1 N–H and O–H groups in total. The molecular weight excluding hydrogens is 358 g/mol. The molecule has 1 amide bonds. The predicted octanol–water partition coefficient (Wildman–Crippen LogP) is 3.57. The summed E-state index contributed by atoms with van der Waals surface area (Å²) in [5.74, 6) is -0.752. The number of carbonyl (C=O) groups excluding carboxylic acids is 2. The van der Waals surface area contributed by atoms with Gasteiger partial charge in [0.1, 0.15) is 4.88 Å². The Morgan fingerprint density at radius 3 is 2.96 bits per heavy atom. The van der Waals surface area contributed by atoms with Crippen LogP contribution in [0.25, 0.3) is 19.5 Å². The summed E-state index contributed by atoms with van der Waals surface area (Å²) in [5.41, 5.74) is 0. The number of nitrogens with one attached hydrogen (secondary N) is 1. The second kappa shape index (κ2) is 7.11. The van der Waals surface area contributed by atoms with Gasteiger partial charge in [-0.05, 0) is 25.0 Å². The minimum absolute atomic E-state index is 0.0806. The quantitative estimate of drug-likeness (QED) is 0.693. The summed E-state index contributed by atoms with van der Waals surface area (Å²) in [6, 6.07) is 9.97. The third kappa shape index (κ3) is 3.53. The lowest BCUT2D eigenvalue weighted by molar-refractivity contribution is -0.124. The first-order valence-electron chi connectivity index (χ1n) is 8.17. The Labute approximate surface area is 152 Å². The van der Waals surface area contributed by atoms with Crippen LogP contribution in [0.15, 0.2) is 30.3 Å². The van der Waals surface area contributed by atoms with Crippen molar-refractivity contribution in [3.8, 4) is 0 Å². The average Bonchev–Trinajstić information content (AvgIpc) is 3.33. The lowest BCUT2D eigenvalue weighted by atomic mass is 10.2. The molecule has 3 heterocycles. The molecule has 0 aliphatic carbocycles. The predicted molar refractivity (Wildman–Crippen MR) is 99.5 cm³/mol. The molecule has 1 aliphatic heterocycles. The summed E-state index contributed by atoms with van der Waals surface area (Å²) in [5, 5.41) is 3.90.